The summed E-state index contributed by atoms with van der Waals surface area (Å²) in [5.74, 6) is 0.483. The Morgan fingerprint density at radius 3 is 2.48 bits per heavy atom. The maximum Gasteiger partial charge on any atom is 0.226 e. The molecule has 2 saturated heterocycles. The van der Waals surface area contributed by atoms with Gasteiger partial charge in [0.1, 0.15) is 5.82 Å². The summed E-state index contributed by atoms with van der Waals surface area (Å²) < 4.78 is 19.3. The highest BCUT2D eigenvalue weighted by Crippen LogP contribution is 2.36. The fraction of sp³-hybridized carbons (Fsp3) is 0.500. The molecule has 5 heteroatoms. The first-order valence-corrected chi connectivity index (χ1v) is 11.4. The normalized spacial score (nSPS) is 19.8. The summed E-state index contributed by atoms with van der Waals surface area (Å²) in [6.07, 6.45) is 4.43. The molecule has 0 saturated carbocycles. The smallest absolute Gasteiger partial charge is 0.226 e. The van der Waals surface area contributed by atoms with Gasteiger partial charge in [-0.1, -0.05) is 36.4 Å². The van der Waals surface area contributed by atoms with Crippen LogP contribution in [-0.2, 0) is 16.0 Å². The molecule has 2 aromatic carbocycles. The molecule has 31 heavy (non-hydrogen) atoms. The minimum atomic E-state index is -0.440. The van der Waals surface area contributed by atoms with Gasteiger partial charge in [-0.3, -0.25) is 4.79 Å². The van der Waals surface area contributed by atoms with E-state index in [0.717, 1.165) is 62.0 Å². The van der Waals surface area contributed by atoms with Gasteiger partial charge >= 0.3 is 0 Å². The molecular formula is C26H33FN2O2. The molecule has 2 aromatic rings. The predicted molar refractivity (Wildman–Crippen MR) is 121 cm³/mol. The SMILES string of the molecule is CN1CCC(CNC(=O)C2(Cc3cccc(-c4cccc(F)c4)c3)CCOCC2)CC1. The maximum atomic E-state index is 13.7. The standard InChI is InChI=1S/C26H33FN2O2/c1-29-12-8-20(9-13-29)19-28-25(30)26(10-14-31-15-11-26)18-21-4-2-5-22(16-21)23-6-3-7-24(27)17-23/h2-7,16-17,20H,8-15,18-19H2,1H3,(H,28,30). The molecule has 0 unspecified atom stereocenters. The number of carbonyl (C=O) groups is 1. The minimum Gasteiger partial charge on any atom is -0.381 e. The molecule has 166 valence electrons. The highest BCUT2D eigenvalue weighted by Gasteiger charge is 2.40. The van der Waals surface area contributed by atoms with E-state index in [1.807, 2.05) is 18.2 Å². The Balaban J connectivity index is 1.47. The third kappa shape index (κ3) is 5.52. The molecular weight excluding hydrogens is 391 g/mol. The summed E-state index contributed by atoms with van der Waals surface area (Å²) in [4.78, 5) is 15.8. The van der Waals surface area contributed by atoms with E-state index >= 15 is 0 Å². The minimum absolute atomic E-state index is 0.158. The molecule has 0 atom stereocenters. The van der Waals surface area contributed by atoms with Crippen molar-refractivity contribution >= 4 is 5.91 Å². The van der Waals surface area contributed by atoms with Gasteiger partial charge < -0.3 is 15.0 Å². The molecule has 2 aliphatic heterocycles. The molecule has 4 rings (SSSR count). The molecule has 2 fully saturated rings. The van der Waals surface area contributed by atoms with Crippen LogP contribution in [0.4, 0.5) is 4.39 Å². The van der Waals surface area contributed by atoms with Gasteiger partial charge in [0.25, 0.3) is 0 Å². The number of nitrogens with zero attached hydrogens (tertiary/aromatic N) is 1. The van der Waals surface area contributed by atoms with Gasteiger partial charge in [0.15, 0.2) is 0 Å². The van der Waals surface area contributed by atoms with Crippen LogP contribution in [0.2, 0.25) is 0 Å². The van der Waals surface area contributed by atoms with Gasteiger partial charge in [-0.05, 0) is 87.0 Å². The fourth-order valence-corrected chi connectivity index (χ4v) is 4.86. The van der Waals surface area contributed by atoms with E-state index in [1.54, 1.807) is 12.1 Å². The largest absolute Gasteiger partial charge is 0.381 e. The van der Waals surface area contributed by atoms with Crippen molar-refractivity contribution in [3.8, 4) is 11.1 Å². The number of halogens is 1. The second-order valence-corrected chi connectivity index (χ2v) is 9.24. The zero-order valence-electron chi connectivity index (χ0n) is 18.4. The Kier molecular flexibility index (Phi) is 7.03. The molecule has 2 aliphatic rings. The van der Waals surface area contributed by atoms with Crippen LogP contribution in [0.3, 0.4) is 0 Å². The zero-order valence-corrected chi connectivity index (χ0v) is 18.4. The van der Waals surface area contributed by atoms with Gasteiger partial charge in [0.05, 0.1) is 5.41 Å². The van der Waals surface area contributed by atoms with Gasteiger partial charge in [-0.2, -0.15) is 0 Å². The van der Waals surface area contributed by atoms with Gasteiger partial charge in [0.2, 0.25) is 5.91 Å². The molecule has 0 aliphatic carbocycles. The highest BCUT2D eigenvalue weighted by atomic mass is 19.1. The summed E-state index contributed by atoms with van der Waals surface area (Å²) in [6, 6.07) is 14.8. The third-order valence-corrected chi connectivity index (χ3v) is 6.95. The summed E-state index contributed by atoms with van der Waals surface area (Å²) in [5, 5.41) is 3.29. The molecule has 2 heterocycles. The van der Waals surface area contributed by atoms with E-state index in [-0.39, 0.29) is 11.7 Å². The second-order valence-electron chi connectivity index (χ2n) is 9.24. The third-order valence-electron chi connectivity index (χ3n) is 6.95. The summed E-state index contributed by atoms with van der Waals surface area (Å²) in [5.41, 5.74) is 2.50. The summed E-state index contributed by atoms with van der Waals surface area (Å²) in [7, 11) is 2.16. The number of ether oxygens (including phenoxy) is 1. The lowest BCUT2D eigenvalue weighted by atomic mass is 9.74. The van der Waals surface area contributed by atoms with E-state index in [4.69, 9.17) is 4.74 Å². The number of hydrogen-bond donors (Lipinski definition) is 1. The Morgan fingerprint density at radius 2 is 1.77 bits per heavy atom. The quantitative estimate of drug-likeness (QED) is 0.752. The summed E-state index contributed by atoms with van der Waals surface area (Å²) >= 11 is 0. The van der Waals surface area contributed by atoms with Crippen molar-refractivity contribution < 1.29 is 13.9 Å². The Bertz CT molecular complexity index is 886. The Hall–Kier alpha value is -2.24. The van der Waals surface area contributed by atoms with Gasteiger partial charge in [-0.25, -0.2) is 4.39 Å². The van der Waals surface area contributed by atoms with Crippen LogP contribution in [0, 0.1) is 17.2 Å². The number of piperidine rings is 1. The van der Waals surface area contributed by atoms with Crippen LogP contribution in [0.5, 0.6) is 0 Å². The molecule has 0 aromatic heterocycles. The van der Waals surface area contributed by atoms with Crippen LogP contribution in [0.25, 0.3) is 11.1 Å². The highest BCUT2D eigenvalue weighted by molar-refractivity contribution is 5.83. The number of nitrogens with one attached hydrogen (secondary N) is 1. The van der Waals surface area contributed by atoms with Crippen molar-refractivity contribution in [1.29, 1.82) is 0 Å². The van der Waals surface area contributed by atoms with Crippen molar-refractivity contribution in [2.75, 3.05) is 39.9 Å². The molecule has 0 radical (unpaired) electrons. The number of benzene rings is 2. The maximum absolute atomic E-state index is 13.7. The summed E-state index contributed by atoms with van der Waals surface area (Å²) in [6.45, 7) is 4.20. The van der Waals surface area contributed by atoms with Gasteiger partial charge in [0, 0.05) is 19.8 Å². The van der Waals surface area contributed by atoms with Crippen LogP contribution in [-0.4, -0.2) is 50.7 Å². The fourth-order valence-electron chi connectivity index (χ4n) is 4.86. The molecule has 4 nitrogen and oxygen atoms in total. The number of likely N-dealkylation sites (tertiary alicyclic amines) is 1. The molecule has 0 spiro atoms. The first-order chi connectivity index (χ1) is 15.0. The average molecular weight is 425 g/mol. The lowest BCUT2D eigenvalue weighted by Crippen LogP contribution is -2.48. The van der Waals surface area contributed by atoms with Crippen LogP contribution < -0.4 is 5.32 Å². The van der Waals surface area contributed by atoms with E-state index in [0.29, 0.717) is 25.6 Å². The molecule has 1 N–H and O–H groups in total. The second kappa shape index (κ2) is 9.92. The van der Waals surface area contributed by atoms with Crippen LogP contribution in [0.1, 0.15) is 31.2 Å². The monoisotopic (exact) mass is 424 g/mol. The van der Waals surface area contributed by atoms with Crippen LogP contribution in [0.15, 0.2) is 48.5 Å². The number of rotatable bonds is 6. The first kappa shape index (κ1) is 22.0. The van der Waals surface area contributed by atoms with E-state index in [9.17, 15) is 9.18 Å². The van der Waals surface area contributed by atoms with Crippen molar-refractivity contribution in [1.82, 2.24) is 10.2 Å². The van der Waals surface area contributed by atoms with Crippen molar-refractivity contribution in [2.45, 2.75) is 32.1 Å². The lowest BCUT2D eigenvalue weighted by Gasteiger charge is -2.37. The van der Waals surface area contributed by atoms with E-state index < -0.39 is 5.41 Å². The zero-order chi connectivity index (χ0) is 21.7. The topological polar surface area (TPSA) is 41.6 Å². The molecule has 1 amide bonds. The van der Waals surface area contributed by atoms with E-state index in [1.165, 1.54) is 6.07 Å². The number of carbonyl (C=O) groups excluding carboxylic acids is 1. The average Bonchev–Trinajstić information content (AvgIpc) is 2.79. The van der Waals surface area contributed by atoms with Crippen molar-refractivity contribution in [3.05, 3.63) is 59.9 Å². The predicted octanol–water partition coefficient (Wildman–Crippen LogP) is 4.29. The van der Waals surface area contributed by atoms with E-state index in [2.05, 4.69) is 29.4 Å². The van der Waals surface area contributed by atoms with Crippen molar-refractivity contribution in [3.63, 3.8) is 0 Å². The number of amides is 1. The first-order valence-electron chi connectivity index (χ1n) is 11.4. The number of hydrogen-bond acceptors (Lipinski definition) is 3. The van der Waals surface area contributed by atoms with Gasteiger partial charge in [-0.15, -0.1) is 0 Å². The van der Waals surface area contributed by atoms with Crippen molar-refractivity contribution in [2.24, 2.45) is 11.3 Å². The Morgan fingerprint density at radius 1 is 1.10 bits per heavy atom. The lowest BCUT2D eigenvalue weighted by molar-refractivity contribution is -0.137. The Labute approximate surface area is 184 Å². The molecule has 0 bridgehead atoms. The van der Waals surface area contributed by atoms with Crippen LogP contribution >= 0.6 is 0 Å².